The molecule has 0 radical (unpaired) electrons. The minimum atomic E-state index is -3.23. The Balaban J connectivity index is 3.26. The average Bonchev–Trinajstić information content (AvgIpc) is 1.92. The average molecular weight is 283 g/mol. The smallest absolute Gasteiger partial charge is 0.268 e. The van der Waals surface area contributed by atoms with Crippen LogP contribution < -0.4 is 5.73 Å². The molecule has 0 saturated heterocycles. The van der Waals surface area contributed by atoms with Gasteiger partial charge in [0.1, 0.15) is 0 Å². The monoisotopic (exact) mass is 283 g/mol. The first-order valence-electron chi connectivity index (χ1n) is 3.35. The van der Waals surface area contributed by atoms with Crippen molar-refractivity contribution in [2.45, 2.75) is 13.0 Å². The lowest BCUT2D eigenvalue weighted by Crippen LogP contribution is -2.26. The summed E-state index contributed by atoms with van der Waals surface area (Å²) in [6.07, 6.45) is 0. The summed E-state index contributed by atoms with van der Waals surface area (Å²) in [5.41, 5.74) is 5.13. The van der Waals surface area contributed by atoms with E-state index in [4.69, 9.17) is 0 Å². The number of alkyl halides is 2. The summed E-state index contributed by atoms with van der Waals surface area (Å²) in [7, 11) is 0. The molecule has 1 rings (SSSR count). The molecular weight excluding hydrogens is 275 g/mol. The van der Waals surface area contributed by atoms with Crippen molar-refractivity contribution in [2.24, 2.45) is 5.73 Å². The highest BCUT2D eigenvalue weighted by Crippen LogP contribution is 2.27. The third-order valence-corrected chi connectivity index (χ3v) is 2.80. The first-order chi connectivity index (χ1) is 5.43. The lowest BCUT2D eigenvalue weighted by Gasteiger charge is -2.13. The lowest BCUT2D eigenvalue weighted by molar-refractivity contribution is 0.00228. The summed E-state index contributed by atoms with van der Waals surface area (Å²) in [5.74, 6) is 0. The van der Waals surface area contributed by atoms with E-state index in [1.54, 1.807) is 19.1 Å². The van der Waals surface area contributed by atoms with Gasteiger partial charge in [0.25, 0.3) is 0 Å². The van der Waals surface area contributed by atoms with Gasteiger partial charge in [-0.2, -0.15) is 8.78 Å². The summed E-state index contributed by atoms with van der Waals surface area (Å²) in [4.78, 5) is 0. The van der Waals surface area contributed by atoms with Crippen LogP contribution in [0.2, 0.25) is 0 Å². The number of hydrogen-bond donors (Lipinski definition) is 1. The molecule has 0 fully saturated rings. The fourth-order valence-electron chi connectivity index (χ4n) is 0.969. The molecule has 0 amide bonds. The van der Waals surface area contributed by atoms with Crippen LogP contribution in [0.1, 0.15) is 11.1 Å². The van der Waals surface area contributed by atoms with E-state index in [-0.39, 0.29) is 5.56 Å². The van der Waals surface area contributed by atoms with Crippen LogP contribution in [0, 0.1) is 10.5 Å². The number of halogens is 3. The van der Waals surface area contributed by atoms with Crippen molar-refractivity contribution in [1.29, 1.82) is 0 Å². The third-order valence-electron chi connectivity index (χ3n) is 1.63. The van der Waals surface area contributed by atoms with E-state index in [1.807, 2.05) is 22.6 Å². The molecule has 0 aliphatic rings. The molecule has 0 aromatic heterocycles. The maximum atomic E-state index is 12.7. The van der Waals surface area contributed by atoms with Gasteiger partial charge in [-0.15, -0.1) is 0 Å². The Hall–Kier alpha value is -0.230. The minimum absolute atomic E-state index is 0.102. The maximum Gasteiger partial charge on any atom is 0.327 e. The highest BCUT2D eigenvalue weighted by molar-refractivity contribution is 14.1. The Morgan fingerprint density at radius 2 is 2.00 bits per heavy atom. The normalized spacial score (nSPS) is 11.8. The molecule has 2 N–H and O–H groups in total. The molecule has 1 aromatic carbocycles. The Morgan fingerprint density at radius 3 is 2.42 bits per heavy atom. The zero-order valence-corrected chi connectivity index (χ0v) is 8.60. The summed E-state index contributed by atoms with van der Waals surface area (Å²) in [5, 5.41) is 0. The topological polar surface area (TPSA) is 26.0 Å². The molecule has 0 spiro atoms. The van der Waals surface area contributed by atoms with Gasteiger partial charge in [-0.3, -0.25) is 5.73 Å². The van der Waals surface area contributed by atoms with Gasteiger partial charge < -0.3 is 0 Å². The highest BCUT2D eigenvalue weighted by atomic mass is 127. The highest BCUT2D eigenvalue weighted by Gasteiger charge is 2.27. The van der Waals surface area contributed by atoms with Crippen molar-refractivity contribution in [2.75, 3.05) is 0 Å². The van der Waals surface area contributed by atoms with Crippen molar-refractivity contribution >= 4 is 22.6 Å². The van der Waals surface area contributed by atoms with E-state index in [9.17, 15) is 8.78 Å². The Morgan fingerprint density at radius 1 is 1.42 bits per heavy atom. The Labute approximate surface area is 83.1 Å². The van der Waals surface area contributed by atoms with Crippen LogP contribution in [0.4, 0.5) is 8.78 Å². The first-order valence-corrected chi connectivity index (χ1v) is 4.43. The van der Waals surface area contributed by atoms with Crippen LogP contribution in [0.15, 0.2) is 18.2 Å². The van der Waals surface area contributed by atoms with Gasteiger partial charge in [0.15, 0.2) is 0 Å². The van der Waals surface area contributed by atoms with Crippen LogP contribution in [0.5, 0.6) is 0 Å². The molecule has 0 bridgehead atoms. The molecule has 12 heavy (non-hydrogen) atoms. The second-order valence-corrected chi connectivity index (χ2v) is 3.70. The summed E-state index contributed by atoms with van der Waals surface area (Å²) in [6, 6.07) is 1.46. The van der Waals surface area contributed by atoms with Gasteiger partial charge in [0.2, 0.25) is 0 Å². The Kier molecular flexibility index (Phi) is 2.67. The van der Waals surface area contributed by atoms with Crippen LogP contribution in [0.25, 0.3) is 0 Å². The molecule has 0 heterocycles. The number of benzene rings is 1. The van der Waals surface area contributed by atoms with E-state index in [0.717, 1.165) is 3.57 Å². The van der Waals surface area contributed by atoms with Gasteiger partial charge in [-0.25, -0.2) is 0 Å². The second-order valence-electron chi connectivity index (χ2n) is 2.54. The molecule has 0 unspecified atom stereocenters. The van der Waals surface area contributed by atoms with E-state index in [0.29, 0.717) is 5.56 Å². The molecule has 1 nitrogen and oxygen atoms in total. The van der Waals surface area contributed by atoms with Crippen molar-refractivity contribution in [3.63, 3.8) is 0 Å². The van der Waals surface area contributed by atoms with Crippen LogP contribution in [0.3, 0.4) is 0 Å². The van der Waals surface area contributed by atoms with Crippen LogP contribution in [-0.2, 0) is 6.05 Å². The maximum absolute atomic E-state index is 12.7. The second kappa shape index (κ2) is 3.26. The quantitative estimate of drug-likeness (QED) is 0.622. The molecule has 0 aliphatic carbocycles. The number of rotatable bonds is 1. The van der Waals surface area contributed by atoms with Crippen LogP contribution >= 0.6 is 22.6 Å². The SMILES string of the molecule is Cc1c(I)cccc1C(N)(F)F. The fraction of sp³-hybridized carbons (Fsp3) is 0.250. The first kappa shape index (κ1) is 9.85. The van der Waals surface area contributed by atoms with Gasteiger partial charge in [0.05, 0.1) is 0 Å². The minimum Gasteiger partial charge on any atom is -0.268 e. The summed E-state index contributed by atoms with van der Waals surface area (Å²) >= 11 is 2.00. The van der Waals surface area contributed by atoms with Crippen molar-refractivity contribution in [1.82, 2.24) is 0 Å². The number of hydrogen-bond acceptors (Lipinski definition) is 1. The molecular formula is C8H8F2IN. The molecule has 4 heteroatoms. The lowest BCUT2D eigenvalue weighted by atomic mass is 10.1. The number of nitrogens with two attached hydrogens (primary N) is 1. The molecule has 1 aromatic rings. The van der Waals surface area contributed by atoms with E-state index in [1.165, 1.54) is 6.07 Å². The zero-order valence-electron chi connectivity index (χ0n) is 6.44. The summed E-state index contributed by atoms with van der Waals surface area (Å²) in [6.45, 7) is 1.64. The van der Waals surface area contributed by atoms with Crippen molar-refractivity contribution in [3.05, 3.63) is 32.9 Å². The van der Waals surface area contributed by atoms with Crippen molar-refractivity contribution < 1.29 is 8.78 Å². The zero-order chi connectivity index (χ0) is 9.35. The largest absolute Gasteiger partial charge is 0.327 e. The van der Waals surface area contributed by atoms with Gasteiger partial charge >= 0.3 is 6.05 Å². The van der Waals surface area contributed by atoms with Gasteiger partial charge in [-0.1, -0.05) is 12.1 Å². The molecule has 66 valence electrons. The van der Waals surface area contributed by atoms with E-state index < -0.39 is 6.05 Å². The summed E-state index contributed by atoms with van der Waals surface area (Å²) < 4.78 is 26.1. The predicted molar refractivity (Wildman–Crippen MR) is 52.0 cm³/mol. The predicted octanol–water partition coefficient (Wildman–Crippen LogP) is 2.61. The van der Waals surface area contributed by atoms with Gasteiger partial charge in [0, 0.05) is 9.13 Å². The van der Waals surface area contributed by atoms with E-state index in [2.05, 4.69) is 5.73 Å². The van der Waals surface area contributed by atoms with Gasteiger partial charge in [-0.05, 0) is 41.1 Å². The van der Waals surface area contributed by atoms with Crippen molar-refractivity contribution in [3.8, 4) is 0 Å². The third kappa shape index (κ3) is 1.92. The van der Waals surface area contributed by atoms with E-state index >= 15 is 0 Å². The molecule has 0 aliphatic heterocycles. The standard InChI is InChI=1S/C8H8F2IN/c1-5-6(8(9,10)12)3-2-4-7(5)11/h2-4H,12H2,1H3. The van der Waals surface area contributed by atoms with Crippen LogP contribution in [-0.4, -0.2) is 0 Å². The fourth-order valence-corrected chi connectivity index (χ4v) is 1.47. The molecule has 0 saturated carbocycles. The molecule has 0 atom stereocenters. The Bertz CT molecular complexity index is 294.